The smallest absolute Gasteiger partial charge is 0.0356 e. The summed E-state index contributed by atoms with van der Waals surface area (Å²) in [6.07, 6.45) is 3.10. The van der Waals surface area contributed by atoms with Gasteiger partial charge in [-0.1, -0.05) is 90.1 Å². The second-order valence-electron chi connectivity index (χ2n) is 7.63. The maximum absolute atomic E-state index is 3.53. The summed E-state index contributed by atoms with van der Waals surface area (Å²) in [5.74, 6) is 21.5. The van der Waals surface area contributed by atoms with Crippen LogP contribution in [0.4, 0.5) is 0 Å². The van der Waals surface area contributed by atoms with E-state index in [0.717, 1.165) is 36.0 Å². The Labute approximate surface area is 180 Å². The summed E-state index contributed by atoms with van der Waals surface area (Å²) in [5, 5.41) is 0. The van der Waals surface area contributed by atoms with Gasteiger partial charge in [0.15, 0.2) is 0 Å². The van der Waals surface area contributed by atoms with Crippen molar-refractivity contribution in [3.63, 3.8) is 0 Å². The van der Waals surface area contributed by atoms with Crippen molar-refractivity contribution in [2.24, 2.45) is 17.8 Å². The molecule has 0 bridgehead atoms. The van der Waals surface area contributed by atoms with Crippen molar-refractivity contribution in [2.75, 3.05) is 0 Å². The van der Waals surface area contributed by atoms with Gasteiger partial charge < -0.3 is 0 Å². The van der Waals surface area contributed by atoms with E-state index < -0.39 is 0 Å². The van der Waals surface area contributed by atoms with Crippen LogP contribution in [-0.2, 0) is 0 Å². The van der Waals surface area contributed by atoms with Crippen LogP contribution < -0.4 is 0 Å². The first kappa shape index (κ1) is 19.6. The standard InChI is InChI=1S/C30H24/c1-4-10-25(11-5-1)16-17-28-20-22-29(21-18-26-12-6-2-7-13-26)30(24-28)23-19-27-14-8-3-9-15-27/h1-15,28-30H,20,22,24H2. The Morgan fingerprint density at radius 2 is 0.900 bits per heavy atom. The van der Waals surface area contributed by atoms with E-state index >= 15 is 0 Å². The van der Waals surface area contributed by atoms with E-state index in [9.17, 15) is 0 Å². The zero-order chi connectivity index (χ0) is 20.4. The number of benzene rings is 3. The first-order valence-corrected chi connectivity index (χ1v) is 10.6. The first-order valence-electron chi connectivity index (χ1n) is 10.6. The molecular weight excluding hydrogens is 360 g/mol. The molecule has 3 aromatic carbocycles. The van der Waals surface area contributed by atoms with Crippen molar-refractivity contribution in [2.45, 2.75) is 19.3 Å². The Morgan fingerprint density at radius 3 is 1.40 bits per heavy atom. The van der Waals surface area contributed by atoms with E-state index in [2.05, 4.69) is 71.9 Å². The molecule has 1 fully saturated rings. The van der Waals surface area contributed by atoms with Crippen LogP contribution in [-0.4, -0.2) is 0 Å². The molecule has 1 aliphatic rings. The lowest BCUT2D eigenvalue weighted by molar-refractivity contribution is 0.310. The fraction of sp³-hybridized carbons (Fsp3) is 0.200. The largest absolute Gasteiger partial charge is 0.0944 e. The lowest BCUT2D eigenvalue weighted by Crippen LogP contribution is -2.22. The Morgan fingerprint density at radius 1 is 0.467 bits per heavy atom. The number of rotatable bonds is 0. The van der Waals surface area contributed by atoms with E-state index in [1.165, 1.54) is 0 Å². The van der Waals surface area contributed by atoms with Crippen LogP contribution in [0.15, 0.2) is 91.0 Å². The Kier molecular flexibility index (Phi) is 6.69. The molecule has 0 N–H and O–H groups in total. The van der Waals surface area contributed by atoms with Gasteiger partial charge in [0.25, 0.3) is 0 Å². The van der Waals surface area contributed by atoms with Crippen molar-refractivity contribution in [1.82, 2.24) is 0 Å². The molecule has 30 heavy (non-hydrogen) atoms. The Hall–Kier alpha value is -3.66. The van der Waals surface area contributed by atoms with Gasteiger partial charge in [-0.05, 0) is 55.7 Å². The minimum atomic E-state index is 0.241. The first-order chi connectivity index (χ1) is 14.9. The predicted molar refractivity (Wildman–Crippen MR) is 124 cm³/mol. The van der Waals surface area contributed by atoms with Crippen LogP contribution in [0.1, 0.15) is 36.0 Å². The van der Waals surface area contributed by atoms with Crippen LogP contribution in [0.25, 0.3) is 0 Å². The second-order valence-corrected chi connectivity index (χ2v) is 7.63. The van der Waals surface area contributed by atoms with Gasteiger partial charge in [0, 0.05) is 34.4 Å². The van der Waals surface area contributed by atoms with Crippen LogP contribution in [0.2, 0.25) is 0 Å². The number of hydrogen-bond donors (Lipinski definition) is 0. The molecule has 0 nitrogen and oxygen atoms in total. The normalized spacial score (nSPS) is 19.8. The van der Waals surface area contributed by atoms with E-state index in [4.69, 9.17) is 0 Å². The highest BCUT2D eigenvalue weighted by Gasteiger charge is 2.27. The third-order valence-corrected chi connectivity index (χ3v) is 5.40. The lowest BCUT2D eigenvalue weighted by Gasteiger charge is -2.28. The molecule has 0 aromatic heterocycles. The highest BCUT2D eigenvalue weighted by Crippen LogP contribution is 2.33. The van der Waals surface area contributed by atoms with Crippen molar-refractivity contribution in [3.05, 3.63) is 108 Å². The average Bonchev–Trinajstić information content (AvgIpc) is 2.82. The quantitative estimate of drug-likeness (QED) is 0.406. The predicted octanol–water partition coefficient (Wildman–Crippen LogP) is 6.17. The van der Waals surface area contributed by atoms with E-state index in [1.54, 1.807) is 0 Å². The fourth-order valence-electron chi connectivity index (χ4n) is 3.74. The highest BCUT2D eigenvalue weighted by molar-refractivity contribution is 5.38. The molecule has 144 valence electrons. The van der Waals surface area contributed by atoms with Crippen LogP contribution in [0.5, 0.6) is 0 Å². The van der Waals surface area contributed by atoms with Crippen molar-refractivity contribution in [3.8, 4) is 35.5 Å². The molecule has 3 aromatic rings. The van der Waals surface area contributed by atoms with Crippen molar-refractivity contribution >= 4 is 0 Å². The molecule has 0 amide bonds. The molecule has 3 unspecified atom stereocenters. The summed E-state index contributed by atoms with van der Waals surface area (Å²) in [4.78, 5) is 0. The SMILES string of the molecule is C(#CC1CCC(C#Cc2ccccc2)C(C#Cc2ccccc2)C1)c1ccccc1. The van der Waals surface area contributed by atoms with Gasteiger partial charge in [-0.3, -0.25) is 0 Å². The van der Waals surface area contributed by atoms with Gasteiger partial charge >= 0.3 is 0 Å². The summed E-state index contributed by atoms with van der Waals surface area (Å²) >= 11 is 0. The van der Waals surface area contributed by atoms with Crippen molar-refractivity contribution in [1.29, 1.82) is 0 Å². The Balaban J connectivity index is 1.54. The van der Waals surface area contributed by atoms with Gasteiger partial charge in [-0.2, -0.15) is 0 Å². The molecule has 0 spiro atoms. The molecule has 0 saturated heterocycles. The summed E-state index contributed by atoms with van der Waals surface area (Å²) in [7, 11) is 0. The van der Waals surface area contributed by atoms with Gasteiger partial charge in [-0.25, -0.2) is 0 Å². The van der Waals surface area contributed by atoms with Crippen LogP contribution >= 0.6 is 0 Å². The maximum Gasteiger partial charge on any atom is 0.0356 e. The van der Waals surface area contributed by atoms with Gasteiger partial charge in [-0.15, -0.1) is 0 Å². The summed E-state index contributed by atoms with van der Waals surface area (Å²) < 4.78 is 0. The molecule has 3 atom stereocenters. The lowest BCUT2D eigenvalue weighted by atomic mass is 9.74. The molecule has 4 rings (SSSR count). The monoisotopic (exact) mass is 384 g/mol. The topological polar surface area (TPSA) is 0 Å². The highest BCUT2D eigenvalue weighted by atomic mass is 14.3. The second kappa shape index (κ2) is 10.2. The van der Waals surface area contributed by atoms with E-state index in [1.807, 2.05) is 54.6 Å². The molecule has 0 aliphatic heterocycles. The zero-order valence-corrected chi connectivity index (χ0v) is 17.0. The van der Waals surface area contributed by atoms with Gasteiger partial charge in [0.05, 0.1) is 0 Å². The van der Waals surface area contributed by atoms with E-state index in [0.29, 0.717) is 5.92 Å². The molecule has 1 saturated carbocycles. The average molecular weight is 385 g/mol. The third kappa shape index (κ3) is 5.67. The van der Waals surface area contributed by atoms with Gasteiger partial charge in [0.1, 0.15) is 0 Å². The fourth-order valence-corrected chi connectivity index (χ4v) is 3.74. The molecular formula is C30H24. The summed E-state index contributed by atoms with van der Waals surface area (Å²) in [6.45, 7) is 0. The molecule has 0 radical (unpaired) electrons. The number of hydrogen-bond acceptors (Lipinski definition) is 0. The third-order valence-electron chi connectivity index (χ3n) is 5.40. The molecule has 0 heteroatoms. The zero-order valence-electron chi connectivity index (χ0n) is 17.0. The maximum atomic E-state index is 3.53. The molecule has 1 aliphatic carbocycles. The van der Waals surface area contributed by atoms with Gasteiger partial charge in [0.2, 0.25) is 0 Å². The summed E-state index contributed by atoms with van der Waals surface area (Å²) in [6, 6.07) is 30.7. The van der Waals surface area contributed by atoms with Crippen molar-refractivity contribution < 1.29 is 0 Å². The van der Waals surface area contributed by atoms with E-state index in [-0.39, 0.29) is 11.8 Å². The summed E-state index contributed by atoms with van der Waals surface area (Å²) in [5.41, 5.74) is 3.21. The van der Waals surface area contributed by atoms with Crippen LogP contribution in [0, 0.1) is 53.3 Å². The Bertz CT molecular complexity index is 1120. The van der Waals surface area contributed by atoms with Crippen LogP contribution in [0.3, 0.4) is 0 Å². The minimum Gasteiger partial charge on any atom is -0.0944 e. The molecule has 0 heterocycles. The minimum absolute atomic E-state index is 0.241.